The van der Waals surface area contributed by atoms with E-state index in [2.05, 4.69) is 91.0 Å². The van der Waals surface area contributed by atoms with Gasteiger partial charge in [0.25, 0.3) is 0 Å². The molecule has 0 spiro atoms. The SMILES string of the molecule is OCCSCC(c1ccccc1)(c1ccccc1)c1ccccc1. The number of aliphatic hydroxyl groups is 1. The number of thioether (sulfide) groups is 1. The molecule has 0 aromatic heterocycles. The van der Waals surface area contributed by atoms with Gasteiger partial charge in [-0.1, -0.05) is 91.0 Å². The Hall–Kier alpha value is -2.03. The van der Waals surface area contributed by atoms with Crippen LogP contribution in [0, 0.1) is 0 Å². The molecule has 0 amide bonds. The van der Waals surface area contributed by atoms with E-state index in [4.69, 9.17) is 0 Å². The van der Waals surface area contributed by atoms with E-state index in [1.807, 2.05) is 0 Å². The fourth-order valence-electron chi connectivity index (χ4n) is 3.21. The summed E-state index contributed by atoms with van der Waals surface area (Å²) in [7, 11) is 0. The molecule has 0 aliphatic carbocycles. The fourth-order valence-corrected chi connectivity index (χ4v) is 4.29. The Labute approximate surface area is 148 Å². The van der Waals surface area contributed by atoms with Crippen LogP contribution in [-0.2, 0) is 5.41 Å². The van der Waals surface area contributed by atoms with Gasteiger partial charge in [-0.15, -0.1) is 0 Å². The Kier molecular flexibility index (Phi) is 5.73. The van der Waals surface area contributed by atoms with Crippen molar-refractivity contribution in [2.24, 2.45) is 0 Å². The molecule has 1 N–H and O–H groups in total. The molecule has 3 aromatic carbocycles. The molecule has 0 unspecified atom stereocenters. The molecule has 2 heteroatoms. The Morgan fingerprint density at radius 1 is 0.625 bits per heavy atom. The molecule has 3 aromatic rings. The van der Waals surface area contributed by atoms with Crippen LogP contribution in [0.2, 0.25) is 0 Å². The van der Waals surface area contributed by atoms with Gasteiger partial charge >= 0.3 is 0 Å². The predicted octanol–water partition coefficient (Wildman–Crippen LogP) is 4.75. The van der Waals surface area contributed by atoms with Crippen LogP contribution < -0.4 is 0 Å². The lowest BCUT2D eigenvalue weighted by Crippen LogP contribution is -2.32. The molecule has 0 aliphatic heterocycles. The van der Waals surface area contributed by atoms with Crippen molar-refractivity contribution in [1.82, 2.24) is 0 Å². The van der Waals surface area contributed by atoms with E-state index < -0.39 is 0 Å². The van der Waals surface area contributed by atoms with E-state index in [1.54, 1.807) is 11.8 Å². The first-order valence-corrected chi connectivity index (χ1v) is 9.38. The quantitative estimate of drug-likeness (QED) is 0.497. The summed E-state index contributed by atoms with van der Waals surface area (Å²) in [4.78, 5) is 0. The first kappa shape index (κ1) is 16.8. The minimum Gasteiger partial charge on any atom is -0.396 e. The second kappa shape index (κ2) is 8.18. The third-order valence-corrected chi connectivity index (χ3v) is 5.46. The Bertz CT molecular complexity index is 629. The molecular formula is C22H22OS. The van der Waals surface area contributed by atoms with Crippen molar-refractivity contribution in [1.29, 1.82) is 0 Å². The zero-order valence-electron chi connectivity index (χ0n) is 13.6. The minimum atomic E-state index is -0.219. The molecular weight excluding hydrogens is 312 g/mol. The summed E-state index contributed by atoms with van der Waals surface area (Å²) in [5.74, 6) is 1.64. The van der Waals surface area contributed by atoms with Crippen LogP contribution in [0.3, 0.4) is 0 Å². The lowest BCUT2D eigenvalue weighted by atomic mass is 9.71. The average Bonchev–Trinajstić information content (AvgIpc) is 2.68. The summed E-state index contributed by atoms with van der Waals surface area (Å²) in [6.45, 7) is 0.207. The molecule has 24 heavy (non-hydrogen) atoms. The average molecular weight is 334 g/mol. The minimum absolute atomic E-state index is 0.207. The molecule has 0 fully saturated rings. The Morgan fingerprint density at radius 2 is 1.00 bits per heavy atom. The number of rotatable bonds is 7. The summed E-state index contributed by atoms with van der Waals surface area (Å²) in [6, 6.07) is 32.1. The van der Waals surface area contributed by atoms with Gasteiger partial charge in [0, 0.05) is 11.5 Å². The van der Waals surface area contributed by atoms with Gasteiger partial charge in [-0.2, -0.15) is 11.8 Å². The summed E-state index contributed by atoms with van der Waals surface area (Å²) < 4.78 is 0. The summed E-state index contributed by atoms with van der Waals surface area (Å²) in [6.07, 6.45) is 0. The maximum atomic E-state index is 9.25. The molecule has 3 rings (SSSR count). The predicted molar refractivity (Wildman–Crippen MR) is 104 cm³/mol. The highest BCUT2D eigenvalue weighted by Crippen LogP contribution is 2.41. The molecule has 122 valence electrons. The Morgan fingerprint density at radius 3 is 1.33 bits per heavy atom. The van der Waals surface area contributed by atoms with Crippen molar-refractivity contribution in [3.8, 4) is 0 Å². The second-order valence-corrected chi connectivity index (χ2v) is 6.88. The van der Waals surface area contributed by atoms with Gasteiger partial charge in [0.05, 0.1) is 12.0 Å². The van der Waals surface area contributed by atoms with E-state index in [1.165, 1.54) is 16.7 Å². The maximum Gasteiger partial charge on any atom is 0.0541 e. The van der Waals surface area contributed by atoms with Gasteiger partial charge < -0.3 is 5.11 Å². The normalized spacial score (nSPS) is 11.4. The zero-order valence-corrected chi connectivity index (χ0v) is 14.5. The van der Waals surface area contributed by atoms with E-state index in [-0.39, 0.29) is 12.0 Å². The van der Waals surface area contributed by atoms with Crippen LogP contribution in [0.25, 0.3) is 0 Å². The van der Waals surface area contributed by atoms with Crippen LogP contribution in [-0.4, -0.2) is 23.2 Å². The number of hydrogen-bond donors (Lipinski definition) is 1. The van der Waals surface area contributed by atoms with E-state index in [9.17, 15) is 5.11 Å². The van der Waals surface area contributed by atoms with Gasteiger partial charge in [-0.05, 0) is 16.7 Å². The van der Waals surface area contributed by atoms with Crippen LogP contribution in [0.5, 0.6) is 0 Å². The lowest BCUT2D eigenvalue weighted by molar-refractivity contribution is 0.322. The first-order chi connectivity index (χ1) is 11.9. The van der Waals surface area contributed by atoms with Crippen molar-refractivity contribution in [2.45, 2.75) is 5.41 Å². The van der Waals surface area contributed by atoms with Crippen LogP contribution in [0.1, 0.15) is 16.7 Å². The lowest BCUT2D eigenvalue weighted by Gasteiger charge is -2.36. The molecule has 1 nitrogen and oxygen atoms in total. The van der Waals surface area contributed by atoms with Crippen LogP contribution in [0.4, 0.5) is 0 Å². The Balaban J connectivity index is 2.20. The summed E-state index contributed by atoms with van der Waals surface area (Å²) >= 11 is 1.79. The van der Waals surface area contributed by atoms with Crippen molar-refractivity contribution in [2.75, 3.05) is 18.1 Å². The molecule has 0 heterocycles. The molecule has 0 atom stereocenters. The topological polar surface area (TPSA) is 20.2 Å². The van der Waals surface area contributed by atoms with Gasteiger partial charge in [0.15, 0.2) is 0 Å². The largest absolute Gasteiger partial charge is 0.396 e. The summed E-state index contributed by atoms with van der Waals surface area (Å²) in [5.41, 5.74) is 3.64. The zero-order chi connectivity index (χ0) is 16.7. The number of hydrogen-bond acceptors (Lipinski definition) is 2. The monoisotopic (exact) mass is 334 g/mol. The van der Waals surface area contributed by atoms with Crippen molar-refractivity contribution < 1.29 is 5.11 Å². The highest BCUT2D eigenvalue weighted by Gasteiger charge is 2.35. The van der Waals surface area contributed by atoms with Gasteiger partial charge in [-0.3, -0.25) is 0 Å². The standard InChI is InChI=1S/C22H22OS/c23-16-17-24-18-22(19-10-4-1-5-11-19,20-12-6-2-7-13-20)21-14-8-3-9-15-21/h1-15,23H,16-18H2. The van der Waals surface area contributed by atoms with Crippen LogP contribution >= 0.6 is 11.8 Å². The molecule has 0 saturated heterocycles. The highest BCUT2D eigenvalue weighted by molar-refractivity contribution is 7.99. The van der Waals surface area contributed by atoms with Gasteiger partial charge in [0.2, 0.25) is 0 Å². The van der Waals surface area contributed by atoms with Crippen LogP contribution in [0.15, 0.2) is 91.0 Å². The van der Waals surface area contributed by atoms with E-state index >= 15 is 0 Å². The highest BCUT2D eigenvalue weighted by atomic mass is 32.2. The maximum absolute atomic E-state index is 9.25. The molecule has 0 bridgehead atoms. The summed E-state index contributed by atoms with van der Waals surface area (Å²) in [5, 5.41) is 9.25. The fraction of sp³-hybridized carbons (Fsp3) is 0.182. The number of benzene rings is 3. The van der Waals surface area contributed by atoms with Crippen molar-refractivity contribution in [3.63, 3.8) is 0 Å². The number of aliphatic hydroxyl groups excluding tert-OH is 1. The third kappa shape index (κ3) is 3.40. The van der Waals surface area contributed by atoms with Gasteiger partial charge in [0.1, 0.15) is 0 Å². The van der Waals surface area contributed by atoms with Crippen molar-refractivity contribution >= 4 is 11.8 Å². The molecule has 0 aliphatic rings. The first-order valence-electron chi connectivity index (χ1n) is 8.23. The molecule has 0 saturated carbocycles. The van der Waals surface area contributed by atoms with Gasteiger partial charge in [-0.25, -0.2) is 0 Å². The smallest absolute Gasteiger partial charge is 0.0541 e. The molecule has 0 radical (unpaired) electrons. The third-order valence-electron chi connectivity index (χ3n) is 4.35. The van der Waals surface area contributed by atoms with E-state index in [0.29, 0.717) is 0 Å². The van der Waals surface area contributed by atoms with E-state index in [0.717, 1.165) is 11.5 Å². The van der Waals surface area contributed by atoms with Crippen molar-refractivity contribution in [3.05, 3.63) is 108 Å². The second-order valence-electron chi connectivity index (χ2n) is 5.78.